The zero-order valence-electron chi connectivity index (χ0n) is 14.4. The SMILES string of the molecule is Cc1ccc(C#N)c(N2CCC(CC(=O)NC3CCCC3)CC2)n1. The lowest BCUT2D eigenvalue weighted by Crippen LogP contribution is -2.38. The van der Waals surface area contributed by atoms with E-state index < -0.39 is 0 Å². The van der Waals surface area contributed by atoms with E-state index in [0.29, 0.717) is 23.9 Å². The van der Waals surface area contributed by atoms with Gasteiger partial charge in [-0.1, -0.05) is 12.8 Å². The summed E-state index contributed by atoms with van der Waals surface area (Å²) in [5, 5.41) is 12.5. The molecule has 1 aromatic rings. The van der Waals surface area contributed by atoms with Crippen LogP contribution in [0.2, 0.25) is 0 Å². The van der Waals surface area contributed by atoms with Crippen molar-refractivity contribution >= 4 is 11.7 Å². The monoisotopic (exact) mass is 326 g/mol. The van der Waals surface area contributed by atoms with Crippen LogP contribution in [-0.2, 0) is 4.79 Å². The van der Waals surface area contributed by atoms with Crippen molar-refractivity contribution in [1.82, 2.24) is 10.3 Å². The van der Waals surface area contributed by atoms with E-state index in [2.05, 4.69) is 21.3 Å². The molecule has 1 saturated carbocycles. The first-order valence-electron chi connectivity index (χ1n) is 9.08. The number of piperidine rings is 1. The normalized spacial score (nSPS) is 19.2. The lowest BCUT2D eigenvalue weighted by molar-refractivity contribution is -0.122. The van der Waals surface area contributed by atoms with Gasteiger partial charge in [-0.2, -0.15) is 5.26 Å². The zero-order chi connectivity index (χ0) is 16.9. The first kappa shape index (κ1) is 16.8. The molecule has 1 aliphatic heterocycles. The molecule has 2 heterocycles. The predicted molar refractivity (Wildman–Crippen MR) is 93.6 cm³/mol. The third-order valence-electron chi connectivity index (χ3n) is 5.24. The van der Waals surface area contributed by atoms with E-state index in [9.17, 15) is 10.1 Å². The molecule has 0 bridgehead atoms. The maximum atomic E-state index is 12.2. The molecule has 1 aliphatic carbocycles. The molecule has 24 heavy (non-hydrogen) atoms. The van der Waals surface area contributed by atoms with Gasteiger partial charge >= 0.3 is 0 Å². The van der Waals surface area contributed by atoms with Crippen LogP contribution in [0.1, 0.15) is 56.2 Å². The third-order valence-corrected chi connectivity index (χ3v) is 5.24. The second kappa shape index (κ2) is 7.65. The molecule has 0 atom stereocenters. The van der Waals surface area contributed by atoms with Crippen LogP contribution in [0.15, 0.2) is 12.1 Å². The molecule has 0 radical (unpaired) electrons. The lowest BCUT2D eigenvalue weighted by Gasteiger charge is -2.33. The molecular weight excluding hydrogens is 300 g/mol. The summed E-state index contributed by atoms with van der Waals surface area (Å²) < 4.78 is 0. The number of aryl methyl sites for hydroxylation is 1. The number of rotatable bonds is 4. The van der Waals surface area contributed by atoms with Crippen LogP contribution in [-0.4, -0.2) is 30.0 Å². The summed E-state index contributed by atoms with van der Waals surface area (Å²) in [6, 6.07) is 6.37. The van der Waals surface area contributed by atoms with Gasteiger partial charge in [-0.05, 0) is 50.7 Å². The summed E-state index contributed by atoms with van der Waals surface area (Å²) in [6.45, 7) is 3.68. The Morgan fingerprint density at radius 3 is 2.67 bits per heavy atom. The van der Waals surface area contributed by atoms with Crippen LogP contribution >= 0.6 is 0 Å². The molecule has 5 nitrogen and oxygen atoms in total. The predicted octanol–water partition coefficient (Wildman–Crippen LogP) is 2.93. The molecule has 1 saturated heterocycles. The van der Waals surface area contributed by atoms with Crippen molar-refractivity contribution in [3.63, 3.8) is 0 Å². The smallest absolute Gasteiger partial charge is 0.220 e. The van der Waals surface area contributed by atoms with Crippen LogP contribution in [0.5, 0.6) is 0 Å². The fourth-order valence-electron chi connectivity index (χ4n) is 3.84. The van der Waals surface area contributed by atoms with Crippen molar-refractivity contribution in [2.75, 3.05) is 18.0 Å². The Hall–Kier alpha value is -2.09. The average molecular weight is 326 g/mol. The number of aromatic nitrogens is 1. The summed E-state index contributed by atoms with van der Waals surface area (Å²) >= 11 is 0. The van der Waals surface area contributed by atoms with Gasteiger partial charge in [0.25, 0.3) is 0 Å². The number of carbonyl (C=O) groups excluding carboxylic acids is 1. The topological polar surface area (TPSA) is 69.0 Å². The van der Waals surface area contributed by atoms with Crippen LogP contribution in [0.25, 0.3) is 0 Å². The van der Waals surface area contributed by atoms with Gasteiger partial charge in [0.1, 0.15) is 11.9 Å². The van der Waals surface area contributed by atoms with Crippen molar-refractivity contribution in [3.8, 4) is 6.07 Å². The quantitative estimate of drug-likeness (QED) is 0.923. The van der Waals surface area contributed by atoms with Gasteiger partial charge < -0.3 is 10.2 Å². The number of nitrogens with one attached hydrogen (secondary N) is 1. The number of hydrogen-bond donors (Lipinski definition) is 1. The van der Waals surface area contributed by atoms with Crippen LogP contribution in [0.3, 0.4) is 0 Å². The highest BCUT2D eigenvalue weighted by molar-refractivity contribution is 5.76. The largest absolute Gasteiger partial charge is 0.355 e. The lowest BCUT2D eigenvalue weighted by atomic mass is 9.93. The Bertz CT molecular complexity index is 623. The van der Waals surface area contributed by atoms with Crippen LogP contribution < -0.4 is 10.2 Å². The number of nitriles is 1. The summed E-state index contributed by atoms with van der Waals surface area (Å²) in [7, 11) is 0. The van der Waals surface area contributed by atoms with Gasteiger partial charge in [0.15, 0.2) is 0 Å². The highest BCUT2D eigenvalue weighted by Gasteiger charge is 2.25. The molecular formula is C19H26N4O. The van der Waals surface area contributed by atoms with E-state index in [4.69, 9.17) is 0 Å². The molecule has 1 amide bonds. The maximum absolute atomic E-state index is 12.2. The molecule has 0 spiro atoms. The number of carbonyl (C=O) groups is 1. The molecule has 128 valence electrons. The highest BCUT2D eigenvalue weighted by Crippen LogP contribution is 2.27. The summed E-state index contributed by atoms with van der Waals surface area (Å²) in [5.74, 6) is 1.45. The van der Waals surface area contributed by atoms with Gasteiger partial charge in [-0.25, -0.2) is 4.98 Å². The molecule has 2 fully saturated rings. The van der Waals surface area contributed by atoms with Gasteiger partial charge in [0.05, 0.1) is 5.56 Å². The Morgan fingerprint density at radius 2 is 2.00 bits per heavy atom. The molecule has 2 aliphatic rings. The Morgan fingerprint density at radius 1 is 1.29 bits per heavy atom. The second-order valence-electron chi connectivity index (χ2n) is 7.12. The molecule has 0 aromatic carbocycles. The van der Waals surface area contributed by atoms with Crippen LogP contribution in [0, 0.1) is 24.2 Å². The van der Waals surface area contributed by atoms with E-state index in [0.717, 1.165) is 50.3 Å². The maximum Gasteiger partial charge on any atom is 0.220 e. The minimum atomic E-state index is 0.215. The summed E-state index contributed by atoms with van der Waals surface area (Å²) in [5.41, 5.74) is 1.57. The Balaban J connectivity index is 1.51. The molecule has 1 N–H and O–H groups in total. The van der Waals surface area contributed by atoms with E-state index in [1.165, 1.54) is 12.8 Å². The van der Waals surface area contributed by atoms with Crippen molar-refractivity contribution in [2.24, 2.45) is 5.92 Å². The second-order valence-corrected chi connectivity index (χ2v) is 7.12. The molecule has 1 aromatic heterocycles. The van der Waals surface area contributed by atoms with Crippen LogP contribution in [0.4, 0.5) is 5.82 Å². The van der Waals surface area contributed by atoms with Gasteiger partial charge in [-0.3, -0.25) is 4.79 Å². The summed E-state index contributed by atoms with van der Waals surface area (Å²) in [4.78, 5) is 18.9. The van der Waals surface area contributed by atoms with Gasteiger partial charge in [-0.15, -0.1) is 0 Å². The number of nitrogens with zero attached hydrogens (tertiary/aromatic N) is 3. The average Bonchev–Trinajstić information content (AvgIpc) is 3.08. The fourth-order valence-corrected chi connectivity index (χ4v) is 3.84. The first-order valence-corrected chi connectivity index (χ1v) is 9.08. The highest BCUT2D eigenvalue weighted by atomic mass is 16.1. The van der Waals surface area contributed by atoms with E-state index >= 15 is 0 Å². The summed E-state index contributed by atoms with van der Waals surface area (Å²) in [6.07, 6.45) is 7.37. The van der Waals surface area contributed by atoms with E-state index in [1.807, 2.05) is 19.1 Å². The molecule has 0 unspecified atom stereocenters. The van der Waals surface area contributed by atoms with Crippen molar-refractivity contribution in [3.05, 3.63) is 23.4 Å². The van der Waals surface area contributed by atoms with Crippen molar-refractivity contribution in [1.29, 1.82) is 5.26 Å². The standard InChI is InChI=1S/C19H26N4O/c1-14-6-7-16(13-20)19(21-14)23-10-8-15(9-11-23)12-18(24)22-17-4-2-3-5-17/h6-7,15,17H,2-5,8-12H2,1H3,(H,22,24). The Labute approximate surface area is 144 Å². The van der Waals surface area contributed by atoms with E-state index in [1.54, 1.807) is 0 Å². The first-order chi connectivity index (χ1) is 11.7. The molecule has 5 heteroatoms. The van der Waals surface area contributed by atoms with Gasteiger partial charge in [0, 0.05) is 31.2 Å². The fraction of sp³-hybridized carbons (Fsp3) is 0.632. The molecule has 3 rings (SSSR count). The van der Waals surface area contributed by atoms with Crippen molar-refractivity contribution < 1.29 is 4.79 Å². The minimum absolute atomic E-state index is 0.215. The number of amides is 1. The minimum Gasteiger partial charge on any atom is -0.355 e. The number of hydrogen-bond acceptors (Lipinski definition) is 4. The van der Waals surface area contributed by atoms with E-state index in [-0.39, 0.29) is 5.91 Å². The van der Waals surface area contributed by atoms with Crippen molar-refractivity contribution in [2.45, 2.75) is 57.9 Å². The third kappa shape index (κ3) is 4.05. The van der Waals surface area contributed by atoms with Gasteiger partial charge in [0.2, 0.25) is 5.91 Å². The number of anilines is 1. The Kier molecular flexibility index (Phi) is 5.34. The zero-order valence-corrected chi connectivity index (χ0v) is 14.4. The number of pyridine rings is 1.